The maximum Gasteiger partial charge on any atom is 0.279 e. The molecular formula is C22H16N2O3S2. The van der Waals surface area contributed by atoms with E-state index in [9.17, 15) is 13.2 Å². The molecule has 0 saturated carbocycles. The fourth-order valence-corrected chi connectivity index (χ4v) is 4.88. The van der Waals surface area contributed by atoms with Crippen LogP contribution in [-0.4, -0.2) is 25.1 Å². The normalized spacial score (nSPS) is 12.3. The molecule has 144 valence electrons. The van der Waals surface area contributed by atoms with Crippen LogP contribution in [0.3, 0.4) is 0 Å². The van der Waals surface area contributed by atoms with E-state index in [1.54, 1.807) is 22.8 Å². The number of benzene rings is 3. The van der Waals surface area contributed by atoms with Crippen LogP contribution in [-0.2, 0) is 16.4 Å². The van der Waals surface area contributed by atoms with E-state index in [0.717, 1.165) is 22.5 Å². The van der Waals surface area contributed by atoms with Gasteiger partial charge in [-0.05, 0) is 41.1 Å². The number of hydrogen-bond acceptors (Lipinski definition) is 4. The summed E-state index contributed by atoms with van der Waals surface area (Å²) in [7, 11) is -3.34. The molecule has 4 rings (SSSR count). The van der Waals surface area contributed by atoms with Crippen molar-refractivity contribution in [2.75, 3.05) is 6.26 Å². The number of carbonyl (C=O) groups excluding carboxylic acids is 1. The van der Waals surface area contributed by atoms with E-state index in [2.05, 4.69) is 10.9 Å². The summed E-state index contributed by atoms with van der Waals surface area (Å²) in [6.45, 7) is 0.224. The molecule has 0 N–H and O–H groups in total. The molecule has 29 heavy (non-hydrogen) atoms. The fourth-order valence-electron chi connectivity index (χ4n) is 3.09. The van der Waals surface area contributed by atoms with Crippen molar-refractivity contribution in [3.8, 4) is 12.3 Å². The van der Waals surface area contributed by atoms with E-state index >= 15 is 0 Å². The third-order valence-corrected chi connectivity index (χ3v) is 6.68. The predicted octanol–water partition coefficient (Wildman–Crippen LogP) is 3.63. The third-order valence-electron chi connectivity index (χ3n) is 4.53. The lowest BCUT2D eigenvalue weighted by Gasteiger charge is -2.02. The summed E-state index contributed by atoms with van der Waals surface area (Å²) in [5, 5.41) is 2.00. The highest BCUT2D eigenvalue weighted by atomic mass is 32.2. The average molecular weight is 421 g/mol. The Kier molecular flexibility index (Phi) is 4.82. The van der Waals surface area contributed by atoms with E-state index < -0.39 is 9.84 Å². The molecule has 0 fully saturated rings. The molecular weight excluding hydrogens is 404 g/mol. The van der Waals surface area contributed by atoms with Crippen LogP contribution in [0.25, 0.3) is 21.0 Å². The van der Waals surface area contributed by atoms with Crippen LogP contribution in [0.4, 0.5) is 0 Å². The molecule has 7 heteroatoms. The number of terminal acetylenes is 1. The summed E-state index contributed by atoms with van der Waals surface area (Å²) < 4.78 is 26.1. The molecule has 5 nitrogen and oxygen atoms in total. The van der Waals surface area contributed by atoms with Gasteiger partial charge in [-0.15, -0.1) is 6.42 Å². The van der Waals surface area contributed by atoms with E-state index in [0.29, 0.717) is 15.1 Å². The van der Waals surface area contributed by atoms with Crippen molar-refractivity contribution in [2.24, 2.45) is 4.99 Å². The molecule has 0 unspecified atom stereocenters. The second kappa shape index (κ2) is 7.32. The number of rotatable bonds is 3. The molecule has 3 aromatic carbocycles. The van der Waals surface area contributed by atoms with Gasteiger partial charge in [0, 0.05) is 11.8 Å². The van der Waals surface area contributed by atoms with Crippen molar-refractivity contribution < 1.29 is 13.2 Å². The zero-order chi connectivity index (χ0) is 20.6. The summed E-state index contributed by atoms with van der Waals surface area (Å²) in [6, 6.07) is 18.0. The Morgan fingerprint density at radius 3 is 2.59 bits per heavy atom. The Morgan fingerprint density at radius 2 is 1.86 bits per heavy atom. The number of aromatic nitrogens is 1. The van der Waals surface area contributed by atoms with Crippen molar-refractivity contribution in [1.82, 2.24) is 4.57 Å². The minimum absolute atomic E-state index is 0.214. The van der Waals surface area contributed by atoms with E-state index in [4.69, 9.17) is 6.42 Å². The molecule has 0 spiro atoms. The minimum atomic E-state index is -3.34. The van der Waals surface area contributed by atoms with Crippen molar-refractivity contribution in [3.05, 3.63) is 71.0 Å². The van der Waals surface area contributed by atoms with Gasteiger partial charge in [0.2, 0.25) is 0 Å². The number of hydrogen-bond donors (Lipinski definition) is 0. The number of fused-ring (bicyclic) bond motifs is 2. The largest absolute Gasteiger partial charge is 0.305 e. The van der Waals surface area contributed by atoms with Gasteiger partial charge in [0.25, 0.3) is 5.91 Å². The third kappa shape index (κ3) is 3.73. The highest BCUT2D eigenvalue weighted by Gasteiger charge is 2.13. The first-order valence-electron chi connectivity index (χ1n) is 8.71. The van der Waals surface area contributed by atoms with Crippen LogP contribution in [0.15, 0.2) is 70.6 Å². The zero-order valence-electron chi connectivity index (χ0n) is 15.5. The number of carbonyl (C=O) groups is 1. The van der Waals surface area contributed by atoms with Crippen LogP contribution in [0.1, 0.15) is 10.4 Å². The minimum Gasteiger partial charge on any atom is -0.305 e. The van der Waals surface area contributed by atoms with E-state index in [-0.39, 0.29) is 17.3 Å². The molecule has 1 heterocycles. The zero-order valence-corrected chi connectivity index (χ0v) is 17.1. The smallest absolute Gasteiger partial charge is 0.279 e. The summed E-state index contributed by atoms with van der Waals surface area (Å²) in [5.41, 5.74) is 1.22. The molecule has 1 aromatic heterocycles. The molecule has 0 aliphatic heterocycles. The van der Waals surface area contributed by atoms with Crippen molar-refractivity contribution in [2.45, 2.75) is 11.4 Å². The molecule has 4 aromatic rings. The SMILES string of the molecule is C#CCn1c(=NC(=O)c2ccc3ccccc3c2)sc2cc(S(C)(=O)=O)ccc21. The van der Waals surface area contributed by atoms with Gasteiger partial charge in [0.05, 0.1) is 21.7 Å². The van der Waals surface area contributed by atoms with Crippen molar-refractivity contribution in [1.29, 1.82) is 0 Å². The number of sulfone groups is 1. The Hall–Kier alpha value is -3.21. The number of amides is 1. The van der Waals surface area contributed by atoms with Crippen LogP contribution >= 0.6 is 11.3 Å². The van der Waals surface area contributed by atoms with Crippen LogP contribution in [0, 0.1) is 12.3 Å². The lowest BCUT2D eigenvalue weighted by Crippen LogP contribution is -2.16. The lowest BCUT2D eigenvalue weighted by molar-refractivity contribution is 0.0998. The Balaban J connectivity index is 1.86. The molecule has 0 saturated heterocycles. The van der Waals surface area contributed by atoms with Gasteiger partial charge in [-0.25, -0.2) is 8.42 Å². The van der Waals surface area contributed by atoms with Crippen molar-refractivity contribution in [3.63, 3.8) is 0 Å². The first-order chi connectivity index (χ1) is 13.9. The van der Waals surface area contributed by atoms with Gasteiger partial charge in [0.1, 0.15) is 0 Å². The fraction of sp³-hybridized carbons (Fsp3) is 0.0909. The predicted molar refractivity (Wildman–Crippen MR) is 116 cm³/mol. The second-order valence-electron chi connectivity index (χ2n) is 6.56. The highest BCUT2D eigenvalue weighted by molar-refractivity contribution is 7.90. The first kappa shape index (κ1) is 19.1. The molecule has 0 radical (unpaired) electrons. The topological polar surface area (TPSA) is 68.5 Å². The number of nitrogens with zero attached hydrogens (tertiary/aromatic N) is 2. The molecule has 0 atom stereocenters. The molecule has 1 amide bonds. The standard InChI is InChI=1S/C22H16N2O3S2/c1-3-12-24-19-11-10-18(29(2,26)27)14-20(19)28-22(24)23-21(25)17-9-8-15-6-4-5-7-16(15)13-17/h1,4-11,13-14H,12H2,2H3. The molecule has 0 aliphatic carbocycles. The highest BCUT2D eigenvalue weighted by Crippen LogP contribution is 2.22. The summed E-state index contributed by atoms with van der Waals surface area (Å²) in [5.74, 6) is 2.19. The number of thiazole rings is 1. The average Bonchev–Trinajstić information content (AvgIpc) is 3.03. The summed E-state index contributed by atoms with van der Waals surface area (Å²) in [4.78, 5) is 17.7. The van der Waals surface area contributed by atoms with E-state index in [1.165, 1.54) is 17.4 Å². The maximum absolute atomic E-state index is 12.8. The van der Waals surface area contributed by atoms with Crippen molar-refractivity contribution >= 4 is 48.1 Å². The second-order valence-corrected chi connectivity index (χ2v) is 9.58. The summed E-state index contributed by atoms with van der Waals surface area (Å²) in [6.07, 6.45) is 6.65. The van der Waals surface area contributed by atoms with Crippen LogP contribution < -0.4 is 4.80 Å². The van der Waals surface area contributed by atoms with Crippen LogP contribution in [0.2, 0.25) is 0 Å². The van der Waals surface area contributed by atoms with Gasteiger partial charge in [-0.3, -0.25) is 4.79 Å². The lowest BCUT2D eigenvalue weighted by atomic mass is 10.1. The first-order valence-corrected chi connectivity index (χ1v) is 11.4. The molecule has 0 bridgehead atoms. The molecule has 0 aliphatic rings. The Morgan fingerprint density at radius 1 is 1.10 bits per heavy atom. The van der Waals surface area contributed by atoms with E-state index in [1.807, 2.05) is 36.4 Å². The van der Waals surface area contributed by atoms with Gasteiger partial charge in [0.15, 0.2) is 14.6 Å². The Labute approximate surface area is 171 Å². The van der Waals surface area contributed by atoms with Gasteiger partial charge in [-0.2, -0.15) is 4.99 Å². The monoisotopic (exact) mass is 420 g/mol. The Bertz CT molecular complexity index is 1490. The van der Waals surface area contributed by atoms with Gasteiger partial charge < -0.3 is 4.57 Å². The summed E-state index contributed by atoms with van der Waals surface area (Å²) >= 11 is 1.24. The van der Waals surface area contributed by atoms with Crippen LogP contribution in [0.5, 0.6) is 0 Å². The maximum atomic E-state index is 12.8. The van der Waals surface area contributed by atoms with Gasteiger partial charge in [-0.1, -0.05) is 47.6 Å². The quantitative estimate of drug-likeness (QED) is 0.475. The van der Waals surface area contributed by atoms with Gasteiger partial charge >= 0.3 is 0 Å².